The third-order valence-electron chi connectivity index (χ3n) is 5.72. The lowest BCUT2D eigenvalue weighted by Crippen LogP contribution is -2.37. The van der Waals surface area contributed by atoms with Crippen LogP contribution in [-0.4, -0.2) is 42.1 Å². The molecule has 1 amide bonds. The Balaban J connectivity index is 1.30. The molecule has 1 atom stereocenters. The molecule has 2 aromatic carbocycles. The second-order valence-corrected chi connectivity index (χ2v) is 7.58. The van der Waals surface area contributed by atoms with Crippen molar-refractivity contribution in [2.45, 2.75) is 25.2 Å². The number of rotatable bonds is 4. The maximum Gasteiger partial charge on any atom is 0.227 e. The molecule has 1 N–H and O–H groups in total. The largest absolute Gasteiger partial charge is 0.508 e. The van der Waals surface area contributed by atoms with Crippen LogP contribution >= 0.6 is 0 Å². The number of carbonyl (C=O) groups excluding carboxylic acids is 1. The third kappa shape index (κ3) is 3.75. The van der Waals surface area contributed by atoms with E-state index in [0.717, 1.165) is 44.7 Å². The molecular formula is C22H26N2O2. The van der Waals surface area contributed by atoms with Crippen molar-refractivity contribution in [3.8, 4) is 5.75 Å². The zero-order valence-electron chi connectivity index (χ0n) is 15.1. The van der Waals surface area contributed by atoms with Crippen molar-refractivity contribution in [1.82, 2.24) is 4.90 Å². The van der Waals surface area contributed by atoms with Crippen LogP contribution in [-0.2, 0) is 4.79 Å². The Bertz CT molecular complexity index is 754. The Morgan fingerprint density at radius 2 is 1.77 bits per heavy atom. The summed E-state index contributed by atoms with van der Waals surface area (Å²) in [7, 11) is 0. The fraction of sp³-hybridized carbons (Fsp3) is 0.409. The Morgan fingerprint density at radius 1 is 1.00 bits per heavy atom. The van der Waals surface area contributed by atoms with E-state index in [9.17, 15) is 9.90 Å². The zero-order chi connectivity index (χ0) is 17.9. The van der Waals surface area contributed by atoms with Gasteiger partial charge in [0.2, 0.25) is 5.91 Å². The van der Waals surface area contributed by atoms with Crippen LogP contribution in [0.3, 0.4) is 0 Å². The van der Waals surface area contributed by atoms with Crippen molar-refractivity contribution >= 4 is 11.6 Å². The van der Waals surface area contributed by atoms with Gasteiger partial charge in [0, 0.05) is 25.2 Å². The molecule has 2 heterocycles. The molecule has 2 saturated heterocycles. The first-order valence-electron chi connectivity index (χ1n) is 9.56. The molecule has 2 aliphatic heterocycles. The van der Waals surface area contributed by atoms with Gasteiger partial charge in [-0.2, -0.15) is 0 Å². The number of para-hydroxylation sites is 1. The summed E-state index contributed by atoms with van der Waals surface area (Å²) in [5.74, 6) is 1.55. The molecule has 26 heavy (non-hydrogen) atoms. The van der Waals surface area contributed by atoms with Crippen molar-refractivity contribution < 1.29 is 9.90 Å². The highest BCUT2D eigenvalue weighted by atomic mass is 16.3. The Hall–Kier alpha value is -2.33. The fourth-order valence-corrected chi connectivity index (χ4v) is 4.35. The maximum atomic E-state index is 12.4. The summed E-state index contributed by atoms with van der Waals surface area (Å²) < 4.78 is 0. The second-order valence-electron chi connectivity index (χ2n) is 7.58. The smallest absolute Gasteiger partial charge is 0.227 e. The van der Waals surface area contributed by atoms with Crippen LogP contribution < -0.4 is 4.90 Å². The quantitative estimate of drug-likeness (QED) is 0.916. The van der Waals surface area contributed by atoms with Gasteiger partial charge >= 0.3 is 0 Å². The number of phenolic OH excluding ortho intramolecular Hbond substituents is 1. The Morgan fingerprint density at radius 3 is 2.50 bits per heavy atom. The number of amides is 1. The van der Waals surface area contributed by atoms with Crippen LogP contribution in [0.15, 0.2) is 54.6 Å². The van der Waals surface area contributed by atoms with Crippen molar-refractivity contribution in [1.29, 1.82) is 0 Å². The number of piperidine rings is 1. The first-order chi connectivity index (χ1) is 12.7. The van der Waals surface area contributed by atoms with Crippen LogP contribution in [0.1, 0.15) is 30.7 Å². The van der Waals surface area contributed by atoms with E-state index in [1.807, 2.05) is 47.4 Å². The molecule has 0 bridgehead atoms. The minimum Gasteiger partial charge on any atom is -0.508 e. The molecule has 4 nitrogen and oxygen atoms in total. The Labute approximate surface area is 155 Å². The van der Waals surface area contributed by atoms with E-state index < -0.39 is 0 Å². The van der Waals surface area contributed by atoms with Crippen molar-refractivity contribution in [2.75, 3.05) is 31.1 Å². The van der Waals surface area contributed by atoms with E-state index in [2.05, 4.69) is 11.0 Å². The van der Waals surface area contributed by atoms with Crippen LogP contribution in [0, 0.1) is 5.92 Å². The third-order valence-corrected chi connectivity index (χ3v) is 5.72. The molecule has 2 aliphatic rings. The van der Waals surface area contributed by atoms with Gasteiger partial charge in [-0.15, -0.1) is 0 Å². The first-order valence-corrected chi connectivity index (χ1v) is 9.56. The number of nitrogens with zero attached hydrogens (tertiary/aromatic N) is 2. The molecule has 0 aliphatic carbocycles. The lowest BCUT2D eigenvalue weighted by atomic mass is 9.89. The summed E-state index contributed by atoms with van der Waals surface area (Å²) in [5.41, 5.74) is 2.26. The van der Waals surface area contributed by atoms with Crippen LogP contribution in [0.4, 0.5) is 5.69 Å². The molecule has 4 rings (SSSR count). The molecule has 136 valence electrons. The first kappa shape index (κ1) is 17.1. The lowest BCUT2D eigenvalue weighted by Gasteiger charge is -2.33. The summed E-state index contributed by atoms with van der Waals surface area (Å²) in [5, 5.41) is 9.68. The van der Waals surface area contributed by atoms with Crippen LogP contribution in [0.5, 0.6) is 5.75 Å². The van der Waals surface area contributed by atoms with Gasteiger partial charge in [0.15, 0.2) is 0 Å². The van der Waals surface area contributed by atoms with Gasteiger partial charge < -0.3 is 14.9 Å². The van der Waals surface area contributed by atoms with Gasteiger partial charge in [0.05, 0.1) is 0 Å². The summed E-state index contributed by atoms with van der Waals surface area (Å²) in [6, 6.07) is 17.7. The van der Waals surface area contributed by atoms with Gasteiger partial charge in [0.25, 0.3) is 0 Å². The summed E-state index contributed by atoms with van der Waals surface area (Å²) >= 11 is 0. The van der Waals surface area contributed by atoms with E-state index in [1.165, 1.54) is 5.56 Å². The molecule has 0 radical (unpaired) electrons. The number of aromatic hydroxyl groups is 1. The zero-order valence-corrected chi connectivity index (χ0v) is 15.1. The molecule has 0 aromatic heterocycles. The highest BCUT2D eigenvalue weighted by molar-refractivity contribution is 5.95. The second kappa shape index (κ2) is 7.50. The summed E-state index contributed by atoms with van der Waals surface area (Å²) in [6.07, 6.45) is 2.89. The van der Waals surface area contributed by atoms with Crippen LogP contribution in [0.25, 0.3) is 0 Å². The monoisotopic (exact) mass is 350 g/mol. The maximum absolute atomic E-state index is 12.4. The topological polar surface area (TPSA) is 43.8 Å². The van der Waals surface area contributed by atoms with Gasteiger partial charge in [-0.05, 0) is 67.6 Å². The lowest BCUT2D eigenvalue weighted by molar-refractivity contribution is -0.117. The highest BCUT2D eigenvalue weighted by Gasteiger charge is 2.32. The average molecular weight is 350 g/mol. The normalized spacial score (nSPS) is 22.1. The molecular weight excluding hydrogens is 324 g/mol. The molecule has 2 fully saturated rings. The summed E-state index contributed by atoms with van der Waals surface area (Å²) in [4.78, 5) is 16.8. The van der Waals surface area contributed by atoms with Crippen molar-refractivity contribution in [3.63, 3.8) is 0 Å². The van der Waals surface area contributed by atoms with Gasteiger partial charge in [-0.3, -0.25) is 4.79 Å². The van der Waals surface area contributed by atoms with E-state index in [1.54, 1.807) is 6.07 Å². The van der Waals surface area contributed by atoms with Crippen molar-refractivity contribution in [3.05, 3.63) is 60.2 Å². The number of hydrogen-bond donors (Lipinski definition) is 1. The van der Waals surface area contributed by atoms with E-state index in [0.29, 0.717) is 24.0 Å². The minimum absolute atomic E-state index is 0.246. The predicted molar refractivity (Wildman–Crippen MR) is 103 cm³/mol. The van der Waals surface area contributed by atoms with E-state index >= 15 is 0 Å². The van der Waals surface area contributed by atoms with Crippen LogP contribution in [0.2, 0.25) is 0 Å². The summed E-state index contributed by atoms with van der Waals surface area (Å²) in [6.45, 7) is 3.96. The number of phenols is 1. The number of carbonyl (C=O) groups is 1. The molecule has 0 unspecified atom stereocenters. The Kier molecular flexibility index (Phi) is 4.93. The molecule has 4 heteroatoms. The number of benzene rings is 2. The average Bonchev–Trinajstić information content (AvgIpc) is 3.03. The predicted octanol–water partition coefficient (Wildman–Crippen LogP) is 3.62. The number of anilines is 1. The van der Waals surface area contributed by atoms with E-state index in [4.69, 9.17) is 0 Å². The van der Waals surface area contributed by atoms with E-state index in [-0.39, 0.29) is 5.91 Å². The standard InChI is InChI=1S/C22H26N2O2/c25-21-8-4-5-19(14-21)18-9-11-23(12-10-18)15-17-13-22(26)24(16-17)20-6-2-1-3-7-20/h1-8,14,17-18,25H,9-13,15-16H2/t17-/m0/s1. The van der Waals surface area contributed by atoms with Gasteiger partial charge in [-0.1, -0.05) is 30.3 Å². The SMILES string of the molecule is O=C1C[C@@H](CN2CCC(c3cccc(O)c3)CC2)CN1c1ccccc1. The number of likely N-dealkylation sites (tertiary alicyclic amines) is 1. The molecule has 2 aromatic rings. The molecule has 0 saturated carbocycles. The number of hydrogen-bond acceptors (Lipinski definition) is 3. The highest BCUT2D eigenvalue weighted by Crippen LogP contribution is 2.31. The fourth-order valence-electron chi connectivity index (χ4n) is 4.35. The molecule has 0 spiro atoms. The van der Waals surface area contributed by atoms with Gasteiger partial charge in [0.1, 0.15) is 5.75 Å². The minimum atomic E-state index is 0.246. The van der Waals surface area contributed by atoms with Gasteiger partial charge in [-0.25, -0.2) is 0 Å². The van der Waals surface area contributed by atoms with Crippen molar-refractivity contribution in [2.24, 2.45) is 5.92 Å².